The van der Waals surface area contributed by atoms with Crippen LogP contribution in [0.1, 0.15) is 13.3 Å². The molecule has 2 aromatic carbocycles. The van der Waals surface area contributed by atoms with Gasteiger partial charge in [0.15, 0.2) is 5.11 Å². The van der Waals surface area contributed by atoms with Gasteiger partial charge < -0.3 is 15.4 Å². The van der Waals surface area contributed by atoms with Gasteiger partial charge in [-0.25, -0.2) is 8.42 Å². The quantitative estimate of drug-likeness (QED) is 0.598. The Bertz CT molecular complexity index is 889. The van der Waals surface area contributed by atoms with Crippen LogP contribution in [0.5, 0.6) is 5.75 Å². The summed E-state index contributed by atoms with van der Waals surface area (Å²) in [4.78, 5) is -0.0617. The van der Waals surface area contributed by atoms with E-state index in [1.54, 1.807) is 30.3 Å². The van der Waals surface area contributed by atoms with Crippen LogP contribution in [-0.4, -0.2) is 27.2 Å². The highest BCUT2D eigenvalue weighted by molar-refractivity contribution is 7.92. The van der Waals surface area contributed by atoms with Crippen molar-refractivity contribution in [2.24, 2.45) is 0 Å². The molecule has 0 aliphatic heterocycles. The Labute approximate surface area is 163 Å². The van der Waals surface area contributed by atoms with Gasteiger partial charge in [-0.15, -0.1) is 0 Å². The molecule has 0 atom stereocenters. The third kappa shape index (κ3) is 5.23. The Morgan fingerprint density at radius 2 is 1.96 bits per heavy atom. The van der Waals surface area contributed by atoms with Crippen LogP contribution in [-0.2, 0) is 10.0 Å². The first-order valence-electron chi connectivity index (χ1n) is 7.87. The number of nitrogens with one attached hydrogen (secondary N) is 3. The normalized spacial score (nSPS) is 10.9. The van der Waals surface area contributed by atoms with Gasteiger partial charge in [-0.3, -0.25) is 4.72 Å². The summed E-state index contributed by atoms with van der Waals surface area (Å²) < 4.78 is 33.2. The van der Waals surface area contributed by atoms with Crippen LogP contribution in [0.25, 0.3) is 0 Å². The topological polar surface area (TPSA) is 79.5 Å². The van der Waals surface area contributed by atoms with Gasteiger partial charge in [0.2, 0.25) is 0 Å². The van der Waals surface area contributed by atoms with Gasteiger partial charge in [0.25, 0.3) is 10.0 Å². The number of anilines is 2. The van der Waals surface area contributed by atoms with Crippen molar-refractivity contribution in [3.05, 3.63) is 47.5 Å². The first-order chi connectivity index (χ1) is 12.4. The summed E-state index contributed by atoms with van der Waals surface area (Å²) in [5.74, 6) is 0.409. The molecule has 2 aromatic rings. The molecule has 26 heavy (non-hydrogen) atoms. The van der Waals surface area contributed by atoms with Gasteiger partial charge in [-0.1, -0.05) is 30.7 Å². The number of thiocarbonyl (C=S) groups is 1. The minimum atomic E-state index is -3.92. The van der Waals surface area contributed by atoms with E-state index in [1.165, 1.54) is 19.2 Å². The molecule has 0 bridgehead atoms. The Balaban J connectivity index is 2.28. The van der Waals surface area contributed by atoms with Crippen LogP contribution in [0.2, 0.25) is 5.02 Å². The fraction of sp³-hybridized carbons (Fsp3) is 0.235. The van der Waals surface area contributed by atoms with Crippen molar-refractivity contribution >= 4 is 50.3 Å². The summed E-state index contributed by atoms with van der Waals surface area (Å²) in [5.41, 5.74) is 0.841. The summed E-state index contributed by atoms with van der Waals surface area (Å²) in [5, 5.41) is 6.48. The van der Waals surface area contributed by atoms with Crippen LogP contribution in [0, 0.1) is 0 Å². The minimum Gasteiger partial charge on any atom is -0.495 e. The molecule has 9 heteroatoms. The number of hydrogen-bond donors (Lipinski definition) is 3. The average Bonchev–Trinajstić information content (AvgIpc) is 2.61. The Hall–Kier alpha value is -2.03. The second-order valence-electron chi connectivity index (χ2n) is 5.33. The molecule has 3 N–H and O–H groups in total. The summed E-state index contributed by atoms with van der Waals surface area (Å²) in [6.45, 7) is 2.74. The van der Waals surface area contributed by atoms with Gasteiger partial charge in [-0.05, 0) is 49.0 Å². The fourth-order valence-electron chi connectivity index (χ4n) is 2.13. The minimum absolute atomic E-state index is 0.0617. The molecule has 6 nitrogen and oxygen atoms in total. The van der Waals surface area contributed by atoms with Crippen LogP contribution in [0.15, 0.2) is 47.4 Å². The van der Waals surface area contributed by atoms with Crippen molar-refractivity contribution in [1.29, 1.82) is 0 Å². The molecule has 0 saturated heterocycles. The number of methoxy groups -OCH3 is 1. The molecule has 0 aliphatic rings. The lowest BCUT2D eigenvalue weighted by molar-refractivity contribution is 0.417. The van der Waals surface area contributed by atoms with Crippen LogP contribution in [0.4, 0.5) is 11.4 Å². The number of halogens is 1. The van der Waals surface area contributed by atoms with Gasteiger partial charge in [0.05, 0.1) is 17.8 Å². The third-order valence-corrected chi connectivity index (χ3v) is 5.46. The standard InChI is InChI=1S/C17H20ClN3O3S2/c1-3-10-19-17(25)20-12-8-9-13(18)16(11-12)26(22,23)21-14-6-4-5-7-15(14)24-2/h4-9,11,21H,3,10H2,1-2H3,(H2,19,20,25). The van der Waals surface area contributed by atoms with E-state index < -0.39 is 10.0 Å². The van der Waals surface area contributed by atoms with Crippen molar-refractivity contribution in [1.82, 2.24) is 5.32 Å². The molecule has 0 unspecified atom stereocenters. The first kappa shape index (κ1) is 20.3. The highest BCUT2D eigenvalue weighted by Gasteiger charge is 2.20. The molecule has 140 valence electrons. The van der Waals surface area contributed by atoms with E-state index in [4.69, 9.17) is 28.6 Å². The summed E-state index contributed by atoms with van der Waals surface area (Å²) in [7, 11) is -2.45. The van der Waals surface area contributed by atoms with Crippen LogP contribution < -0.4 is 20.1 Å². The predicted molar refractivity (Wildman–Crippen MR) is 110 cm³/mol. The van der Waals surface area contributed by atoms with Gasteiger partial charge in [0, 0.05) is 12.2 Å². The van der Waals surface area contributed by atoms with Crippen molar-refractivity contribution in [2.75, 3.05) is 23.7 Å². The molecule has 0 aliphatic carbocycles. The molecule has 0 saturated carbocycles. The fourth-order valence-corrected chi connectivity index (χ4v) is 3.95. The average molecular weight is 414 g/mol. The maximum Gasteiger partial charge on any atom is 0.263 e. The number of sulfonamides is 1. The number of para-hydroxylation sites is 2. The maximum absolute atomic E-state index is 12.8. The van der Waals surface area contributed by atoms with E-state index in [-0.39, 0.29) is 9.92 Å². The Kier molecular flexibility index (Phi) is 7.07. The summed E-state index contributed by atoms with van der Waals surface area (Å²) in [6.07, 6.45) is 0.922. The summed E-state index contributed by atoms with van der Waals surface area (Å²) in [6, 6.07) is 11.3. The van der Waals surface area contributed by atoms with Crippen LogP contribution in [0.3, 0.4) is 0 Å². The number of benzene rings is 2. The molecular weight excluding hydrogens is 394 g/mol. The first-order valence-corrected chi connectivity index (χ1v) is 10.1. The Morgan fingerprint density at radius 1 is 1.23 bits per heavy atom. The zero-order valence-corrected chi connectivity index (χ0v) is 16.8. The highest BCUT2D eigenvalue weighted by atomic mass is 35.5. The molecule has 0 radical (unpaired) electrons. The van der Waals surface area contributed by atoms with E-state index in [2.05, 4.69) is 15.4 Å². The highest BCUT2D eigenvalue weighted by Crippen LogP contribution is 2.30. The van der Waals surface area contributed by atoms with E-state index >= 15 is 0 Å². The lowest BCUT2D eigenvalue weighted by atomic mass is 10.3. The Morgan fingerprint density at radius 3 is 2.65 bits per heavy atom. The molecule has 0 amide bonds. The molecule has 0 heterocycles. The monoisotopic (exact) mass is 413 g/mol. The largest absolute Gasteiger partial charge is 0.495 e. The van der Waals surface area contributed by atoms with Crippen LogP contribution >= 0.6 is 23.8 Å². The third-order valence-electron chi connectivity index (χ3n) is 3.37. The van der Waals surface area contributed by atoms with E-state index in [9.17, 15) is 8.42 Å². The second-order valence-corrected chi connectivity index (χ2v) is 7.80. The van der Waals surface area contributed by atoms with Gasteiger partial charge in [0.1, 0.15) is 10.6 Å². The number of hydrogen-bond acceptors (Lipinski definition) is 4. The van der Waals surface area contributed by atoms with Crippen molar-refractivity contribution in [3.8, 4) is 5.75 Å². The molecule has 2 rings (SSSR count). The molecular formula is C17H20ClN3O3S2. The number of rotatable bonds is 7. The number of ether oxygens (including phenoxy) is 1. The smallest absolute Gasteiger partial charge is 0.263 e. The lowest BCUT2D eigenvalue weighted by Crippen LogP contribution is -2.29. The van der Waals surface area contributed by atoms with Crippen molar-refractivity contribution in [3.63, 3.8) is 0 Å². The second kappa shape index (κ2) is 9.07. The predicted octanol–water partition coefficient (Wildman–Crippen LogP) is 3.85. The lowest BCUT2D eigenvalue weighted by Gasteiger charge is -2.14. The van der Waals surface area contributed by atoms with E-state index in [1.807, 2.05) is 6.92 Å². The molecule has 0 spiro atoms. The van der Waals surface area contributed by atoms with Crippen molar-refractivity contribution in [2.45, 2.75) is 18.2 Å². The summed E-state index contributed by atoms with van der Waals surface area (Å²) >= 11 is 11.3. The van der Waals surface area contributed by atoms with Gasteiger partial charge >= 0.3 is 0 Å². The zero-order valence-electron chi connectivity index (χ0n) is 14.4. The zero-order chi connectivity index (χ0) is 19.2. The van der Waals surface area contributed by atoms with Crippen molar-refractivity contribution < 1.29 is 13.2 Å². The maximum atomic E-state index is 12.8. The molecule has 0 fully saturated rings. The SMILES string of the molecule is CCCNC(=S)Nc1ccc(Cl)c(S(=O)(=O)Nc2ccccc2OC)c1. The van der Waals surface area contributed by atoms with E-state index in [0.717, 1.165) is 13.0 Å². The van der Waals surface area contributed by atoms with E-state index in [0.29, 0.717) is 22.2 Å². The molecule has 0 aromatic heterocycles. The van der Waals surface area contributed by atoms with Gasteiger partial charge in [-0.2, -0.15) is 0 Å².